The van der Waals surface area contributed by atoms with Gasteiger partial charge >= 0.3 is 0 Å². The summed E-state index contributed by atoms with van der Waals surface area (Å²) >= 11 is 6.11. The highest BCUT2D eigenvalue weighted by atomic mass is 35.5. The van der Waals surface area contributed by atoms with Gasteiger partial charge in [0.15, 0.2) is 5.82 Å². The van der Waals surface area contributed by atoms with E-state index in [4.69, 9.17) is 17.3 Å². The van der Waals surface area contributed by atoms with E-state index in [1.165, 1.54) is 6.20 Å². The number of nitrogens with zero attached hydrogens (tertiary/aromatic N) is 2. The molecule has 0 spiro atoms. The van der Waals surface area contributed by atoms with Gasteiger partial charge in [0.25, 0.3) is 5.76 Å². The molecule has 1 aromatic heterocycles. The molecule has 3 N–H and O–H groups in total. The number of hydrogen-bond donors (Lipinski definition) is 2. The first-order valence-electron chi connectivity index (χ1n) is 5.15. The molecule has 8 heteroatoms. The normalized spacial score (nSPS) is 10.7. The quantitative estimate of drug-likeness (QED) is 0.665. The number of benzene rings is 1. The van der Waals surface area contributed by atoms with Gasteiger partial charge in [-0.1, -0.05) is 23.9 Å². The Morgan fingerprint density at radius 1 is 1.32 bits per heavy atom. The van der Waals surface area contributed by atoms with E-state index in [1.54, 1.807) is 24.3 Å². The number of nitrogens with one attached hydrogen (secondary N) is 1. The van der Waals surface area contributed by atoms with Crippen molar-refractivity contribution in [3.05, 3.63) is 35.7 Å². The van der Waals surface area contributed by atoms with E-state index in [0.29, 0.717) is 22.3 Å². The standard InChI is InChI=1S/C11H9ClF2N4S/c12-10-16-5-6(15)9(18-10)17-7-3-1-2-4-8(7)19-11(13)14/h1-5,11H,15H2,(H,16,17,18). The first-order chi connectivity index (χ1) is 9.06. The van der Waals surface area contributed by atoms with Crippen molar-refractivity contribution in [2.45, 2.75) is 10.7 Å². The van der Waals surface area contributed by atoms with Gasteiger partial charge in [0.1, 0.15) is 0 Å². The van der Waals surface area contributed by atoms with Crippen LogP contribution in [0.15, 0.2) is 35.4 Å². The summed E-state index contributed by atoms with van der Waals surface area (Å²) in [6.07, 6.45) is 1.35. The molecule has 0 saturated heterocycles. The fourth-order valence-electron chi connectivity index (χ4n) is 1.37. The number of hydrogen-bond acceptors (Lipinski definition) is 5. The second-order valence-corrected chi connectivity index (χ2v) is 4.81. The number of alkyl halides is 2. The monoisotopic (exact) mass is 302 g/mol. The van der Waals surface area contributed by atoms with Crippen LogP contribution >= 0.6 is 23.4 Å². The van der Waals surface area contributed by atoms with Crippen LogP contribution in [0.3, 0.4) is 0 Å². The predicted octanol–water partition coefficient (Wildman–Crippen LogP) is 3.77. The number of aromatic nitrogens is 2. The lowest BCUT2D eigenvalue weighted by molar-refractivity contribution is 0.252. The summed E-state index contributed by atoms with van der Waals surface area (Å²) in [6.45, 7) is 0. The number of thioether (sulfide) groups is 1. The highest BCUT2D eigenvalue weighted by molar-refractivity contribution is 7.99. The lowest BCUT2D eigenvalue weighted by Gasteiger charge is -2.12. The summed E-state index contributed by atoms with van der Waals surface area (Å²) in [6, 6.07) is 6.63. The van der Waals surface area contributed by atoms with E-state index in [9.17, 15) is 8.78 Å². The molecule has 1 heterocycles. The molecule has 2 aromatic rings. The average molecular weight is 303 g/mol. The zero-order valence-electron chi connectivity index (χ0n) is 9.48. The Morgan fingerprint density at radius 2 is 2.05 bits per heavy atom. The van der Waals surface area contributed by atoms with Gasteiger partial charge in [0.2, 0.25) is 5.28 Å². The van der Waals surface area contributed by atoms with E-state index in [-0.39, 0.29) is 16.8 Å². The molecule has 0 fully saturated rings. The Hall–Kier alpha value is -1.60. The Balaban J connectivity index is 2.30. The van der Waals surface area contributed by atoms with Crippen LogP contribution in [0.4, 0.5) is 26.0 Å². The van der Waals surface area contributed by atoms with Crippen molar-refractivity contribution >= 4 is 40.6 Å². The Bertz CT molecular complexity index is 582. The number of para-hydroxylation sites is 1. The van der Waals surface area contributed by atoms with Crippen LogP contribution in [0, 0.1) is 0 Å². The van der Waals surface area contributed by atoms with Gasteiger partial charge in [-0.3, -0.25) is 0 Å². The Labute approximate surface area is 117 Å². The topological polar surface area (TPSA) is 63.8 Å². The maximum absolute atomic E-state index is 12.4. The number of anilines is 3. The second kappa shape index (κ2) is 6.03. The van der Waals surface area contributed by atoms with Gasteiger partial charge in [-0.05, 0) is 23.7 Å². The minimum Gasteiger partial charge on any atom is -0.394 e. The molecule has 2 rings (SSSR count). The highest BCUT2D eigenvalue weighted by Crippen LogP contribution is 2.33. The number of nitrogens with two attached hydrogens (primary N) is 1. The van der Waals surface area contributed by atoms with Gasteiger partial charge < -0.3 is 11.1 Å². The van der Waals surface area contributed by atoms with Gasteiger partial charge in [0, 0.05) is 4.90 Å². The van der Waals surface area contributed by atoms with Crippen LogP contribution in [-0.4, -0.2) is 15.7 Å². The molecule has 0 radical (unpaired) electrons. The predicted molar refractivity (Wildman–Crippen MR) is 73.0 cm³/mol. The van der Waals surface area contributed by atoms with Crippen LogP contribution in [0.1, 0.15) is 0 Å². The third-order valence-corrected chi connectivity index (χ3v) is 3.11. The minimum absolute atomic E-state index is 0.0238. The zero-order valence-corrected chi connectivity index (χ0v) is 11.1. The Kier molecular flexibility index (Phi) is 4.39. The van der Waals surface area contributed by atoms with Crippen molar-refractivity contribution in [3.63, 3.8) is 0 Å². The van der Waals surface area contributed by atoms with E-state index in [0.717, 1.165) is 0 Å². The van der Waals surface area contributed by atoms with Crippen molar-refractivity contribution in [2.24, 2.45) is 0 Å². The summed E-state index contributed by atoms with van der Waals surface area (Å²) in [4.78, 5) is 8.02. The van der Waals surface area contributed by atoms with E-state index >= 15 is 0 Å². The fraction of sp³-hybridized carbons (Fsp3) is 0.0909. The Morgan fingerprint density at radius 3 is 2.79 bits per heavy atom. The molecule has 100 valence electrons. The van der Waals surface area contributed by atoms with Crippen molar-refractivity contribution in [2.75, 3.05) is 11.1 Å². The summed E-state index contributed by atoms with van der Waals surface area (Å²) in [7, 11) is 0. The summed E-state index contributed by atoms with van der Waals surface area (Å²) < 4.78 is 24.9. The van der Waals surface area contributed by atoms with Gasteiger partial charge in [-0.15, -0.1) is 0 Å². The van der Waals surface area contributed by atoms with Gasteiger partial charge in [-0.2, -0.15) is 13.8 Å². The van der Waals surface area contributed by atoms with Crippen LogP contribution in [0.5, 0.6) is 0 Å². The van der Waals surface area contributed by atoms with Crippen molar-refractivity contribution in [1.29, 1.82) is 0 Å². The molecule has 0 bridgehead atoms. The van der Waals surface area contributed by atoms with Gasteiger partial charge in [0.05, 0.1) is 17.6 Å². The molecule has 0 aliphatic heterocycles. The van der Waals surface area contributed by atoms with E-state index in [2.05, 4.69) is 15.3 Å². The maximum Gasteiger partial charge on any atom is 0.288 e. The van der Waals surface area contributed by atoms with Crippen molar-refractivity contribution in [3.8, 4) is 0 Å². The maximum atomic E-state index is 12.4. The largest absolute Gasteiger partial charge is 0.394 e. The summed E-state index contributed by atoms with van der Waals surface area (Å²) in [5.74, 6) is -2.23. The molecule has 0 saturated carbocycles. The second-order valence-electron chi connectivity index (χ2n) is 3.44. The zero-order chi connectivity index (χ0) is 13.8. The lowest BCUT2D eigenvalue weighted by Crippen LogP contribution is -2.01. The molecule has 0 unspecified atom stereocenters. The van der Waals surface area contributed by atoms with Crippen molar-refractivity contribution in [1.82, 2.24) is 9.97 Å². The van der Waals surface area contributed by atoms with Gasteiger partial charge in [-0.25, -0.2) is 4.98 Å². The fourth-order valence-corrected chi connectivity index (χ4v) is 2.09. The SMILES string of the molecule is Nc1cnc(Cl)nc1Nc1ccccc1SC(F)F. The highest BCUT2D eigenvalue weighted by Gasteiger charge is 2.11. The first kappa shape index (κ1) is 13.8. The minimum atomic E-state index is -2.51. The molecular formula is C11H9ClF2N4S. The molecule has 0 aliphatic carbocycles. The van der Waals surface area contributed by atoms with Crippen molar-refractivity contribution < 1.29 is 8.78 Å². The summed E-state index contributed by atoms with van der Waals surface area (Å²) in [5.41, 5.74) is 6.45. The third-order valence-electron chi connectivity index (χ3n) is 2.14. The molecule has 4 nitrogen and oxygen atoms in total. The molecule has 0 atom stereocenters. The molecule has 19 heavy (non-hydrogen) atoms. The third kappa shape index (κ3) is 3.68. The smallest absolute Gasteiger partial charge is 0.288 e. The molecule has 0 amide bonds. The molecular weight excluding hydrogens is 294 g/mol. The molecule has 0 aliphatic rings. The van der Waals surface area contributed by atoms with Crippen LogP contribution < -0.4 is 11.1 Å². The van der Waals surface area contributed by atoms with Crippen LogP contribution in [-0.2, 0) is 0 Å². The average Bonchev–Trinajstić information content (AvgIpc) is 2.35. The summed E-state index contributed by atoms with van der Waals surface area (Å²) in [5, 5.41) is 2.90. The van der Waals surface area contributed by atoms with Crippen LogP contribution in [0.2, 0.25) is 5.28 Å². The first-order valence-corrected chi connectivity index (χ1v) is 6.41. The number of halogens is 3. The lowest BCUT2D eigenvalue weighted by atomic mass is 10.3. The number of rotatable bonds is 4. The van der Waals surface area contributed by atoms with E-state index < -0.39 is 5.76 Å². The molecule has 1 aromatic carbocycles. The van der Waals surface area contributed by atoms with Crippen LogP contribution in [0.25, 0.3) is 0 Å². The number of nitrogen functional groups attached to an aromatic ring is 1. The van der Waals surface area contributed by atoms with E-state index in [1.807, 2.05) is 0 Å².